The first-order valence-electron chi connectivity index (χ1n) is 7.79. The zero-order chi connectivity index (χ0) is 14.1. The van der Waals surface area contributed by atoms with Gasteiger partial charge in [0, 0.05) is 0 Å². The molecule has 1 aliphatic heterocycles. The van der Waals surface area contributed by atoms with Crippen molar-refractivity contribution in [2.45, 2.75) is 64.3 Å². The van der Waals surface area contributed by atoms with Gasteiger partial charge in [0.1, 0.15) is 5.54 Å². The maximum atomic E-state index is 11.3. The fourth-order valence-electron chi connectivity index (χ4n) is 2.85. The molecular weight excluding hydrogens is 240 g/mol. The van der Waals surface area contributed by atoms with E-state index in [1.807, 2.05) is 6.92 Å². The Morgan fingerprint density at radius 1 is 1.21 bits per heavy atom. The molecule has 1 aliphatic rings. The van der Waals surface area contributed by atoms with Crippen LogP contribution in [-0.2, 0) is 4.79 Å². The molecule has 1 heterocycles. The molecule has 0 saturated carbocycles. The number of hydrogen-bond donors (Lipinski definition) is 2. The van der Waals surface area contributed by atoms with Crippen LogP contribution in [0, 0.1) is 0 Å². The van der Waals surface area contributed by atoms with Crippen LogP contribution in [-0.4, -0.2) is 47.7 Å². The first-order chi connectivity index (χ1) is 9.08. The summed E-state index contributed by atoms with van der Waals surface area (Å²) in [4.78, 5) is 13.8. The lowest BCUT2D eigenvalue weighted by molar-refractivity contribution is -0.144. The quantitative estimate of drug-likeness (QED) is 0.746. The Morgan fingerprint density at radius 2 is 1.79 bits per heavy atom. The summed E-state index contributed by atoms with van der Waals surface area (Å²) in [7, 11) is 0. The first kappa shape index (κ1) is 16.4. The summed E-state index contributed by atoms with van der Waals surface area (Å²) in [6.45, 7) is 7.86. The summed E-state index contributed by atoms with van der Waals surface area (Å²) >= 11 is 0. The maximum absolute atomic E-state index is 11.3. The third kappa shape index (κ3) is 5.91. The van der Waals surface area contributed by atoms with Gasteiger partial charge in [0.15, 0.2) is 0 Å². The molecule has 0 spiro atoms. The van der Waals surface area contributed by atoms with E-state index in [0.717, 1.165) is 13.0 Å². The summed E-state index contributed by atoms with van der Waals surface area (Å²) in [6, 6.07) is 0. The number of aliphatic carboxylic acids is 1. The Kier molecular flexibility index (Phi) is 7.39. The number of likely N-dealkylation sites (tertiary alicyclic amines) is 1. The van der Waals surface area contributed by atoms with Crippen LogP contribution in [0.5, 0.6) is 0 Å². The van der Waals surface area contributed by atoms with Crippen molar-refractivity contribution >= 4 is 5.97 Å². The number of carboxylic acids is 1. The lowest BCUT2D eigenvalue weighted by atomic mass is 9.95. The predicted octanol–water partition coefficient (Wildman–Crippen LogP) is 2.49. The molecule has 0 amide bonds. The number of nitrogens with one attached hydrogen (secondary N) is 1. The van der Waals surface area contributed by atoms with Gasteiger partial charge < -0.3 is 15.3 Å². The number of rotatable bonds is 7. The van der Waals surface area contributed by atoms with Crippen LogP contribution in [0.15, 0.2) is 0 Å². The molecule has 0 bridgehead atoms. The highest BCUT2D eigenvalue weighted by Gasteiger charge is 2.31. The van der Waals surface area contributed by atoms with E-state index in [4.69, 9.17) is 0 Å². The number of carbonyl (C=O) groups is 1. The van der Waals surface area contributed by atoms with Gasteiger partial charge >= 0.3 is 5.97 Å². The molecule has 2 N–H and O–H groups in total. The fraction of sp³-hybridized carbons (Fsp3) is 0.933. The van der Waals surface area contributed by atoms with Crippen LogP contribution < -0.4 is 5.32 Å². The van der Waals surface area contributed by atoms with Crippen molar-refractivity contribution in [2.75, 3.05) is 26.2 Å². The molecule has 112 valence electrons. The van der Waals surface area contributed by atoms with Gasteiger partial charge in [-0.2, -0.15) is 0 Å². The monoisotopic (exact) mass is 270 g/mol. The van der Waals surface area contributed by atoms with E-state index in [1.165, 1.54) is 45.2 Å². The molecule has 0 aromatic carbocycles. The minimum Gasteiger partial charge on any atom is -0.480 e. The van der Waals surface area contributed by atoms with E-state index in [9.17, 15) is 9.90 Å². The Hall–Kier alpha value is -0.610. The van der Waals surface area contributed by atoms with Gasteiger partial charge in [-0.25, -0.2) is 0 Å². The number of likely N-dealkylation sites (N-methyl/N-ethyl adjacent to an activating group) is 1. The molecule has 1 fully saturated rings. The molecule has 1 saturated heterocycles. The molecule has 0 radical (unpaired) electrons. The van der Waals surface area contributed by atoms with Crippen LogP contribution in [0.3, 0.4) is 0 Å². The fourth-order valence-corrected chi connectivity index (χ4v) is 2.85. The standard InChI is InChI=1S/C15H30N2O2/c1-3-16-15(2,14(18)19)10-9-13-17-11-7-5-4-6-8-12-17/h16H,3-13H2,1-2H3,(H,18,19). The molecule has 1 unspecified atom stereocenters. The van der Waals surface area contributed by atoms with Crippen molar-refractivity contribution in [3.63, 3.8) is 0 Å². The highest BCUT2D eigenvalue weighted by Crippen LogP contribution is 2.15. The van der Waals surface area contributed by atoms with Gasteiger partial charge in [-0.05, 0) is 58.8 Å². The Morgan fingerprint density at radius 3 is 2.32 bits per heavy atom. The molecule has 4 nitrogen and oxygen atoms in total. The average molecular weight is 270 g/mol. The molecule has 19 heavy (non-hydrogen) atoms. The maximum Gasteiger partial charge on any atom is 0.323 e. The third-order valence-corrected chi connectivity index (χ3v) is 4.14. The zero-order valence-corrected chi connectivity index (χ0v) is 12.6. The number of nitrogens with zero attached hydrogens (tertiary/aromatic N) is 1. The summed E-state index contributed by atoms with van der Waals surface area (Å²) in [5.74, 6) is -0.734. The molecular formula is C15H30N2O2. The lowest BCUT2D eigenvalue weighted by Crippen LogP contribution is -2.49. The minimum absolute atomic E-state index is 0.701. The number of hydrogen-bond acceptors (Lipinski definition) is 3. The van der Waals surface area contributed by atoms with Crippen molar-refractivity contribution in [1.82, 2.24) is 10.2 Å². The van der Waals surface area contributed by atoms with Crippen LogP contribution in [0.4, 0.5) is 0 Å². The summed E-state index contributed by atoms with van der Waals surface area (Å²) in [6.07, 6.45) is 8.32. The topological polar surface area (TPSA) is 52.6 Å². The second-order valence-corrected chi connectivity index (χ2v) is 5.88. The Balaban J connectivity index is 2.31. The summed E-state index contributed by atoms with van der Waals surface area (Å²) in [5.41, 5.74) is -0.766. The van der Waals surface area contributed by atoms with E-state index in [-0.39, 0.29) is 0 Å². The molecule has 0 aromatic heterocycles. The Labute approximate surface area is 117 Å². The van der Waals surface area contributed by atoms with E-state index in [0.29, 0.717) is 13.0 Å². The predicted molar refractivity (Wildman–Crippen MR) is 78.5 cm³/mol. The molecule has 1 rings (SSSR count). The van der Waals surface area contributed by atoms with E-state index in [2.05, 4.69) is 10.2 Å². The lowest BCUT2D eigenvalue weighted by Gasteiger charge is -2.28. The second kappa shape index (κ2) is 8.54. The van der Waals surface area contributed by atoms with Crippen LogP contribution in [0.2, 0.25) is 0 Å². The Bertz CT molecular complexity index is 263. The molecule has 0 aromatic rings. The molecule has 0 aliphatic carbocycles. The highest BCUT2D eigenvalue weighted by atomic mass is 16.4. The third-order valence-electron chi connectivity index (χ3n) is 4.14. The van der Waals surface area contributed by atoms with Gasteiger partial charge in [0.25, 0.3) is 0 Å². The van der Waals surface area contributed by atoms with Crippen molar-refractivity contribution in [2.24, 2.45) is 0 Å². The average Bonchev–Trinajstić information content (AvgIpc) is 2.31. The molecule has 1 atom stereocenters. The normalized spacial score (nSPS) is 21.4. The number of carboxylic acid groups (broad SMARTS) is 1. The highest BCUT2D eigenvalue weighted by molar-refractivity contribution is 5.78. The van der Waals surface area contributed by atoms with Crippen molar-refractivity contribution in [3.05, 3.63) is 0 Å². The van der Waals surface area contributed by atoms with Gasteiger partial charge in [-0.3, -0.25) is 4.79 Å². The van der Waals surface area contributed by atoms with Crippen molar-refractivity contribution < 1.29 is 9.90 Å². The zero-order valence-electron chi connectivity index (χ0n) is 12.6. The molecule has 4 heteroatoms. The van der Waals surface area contributed by atoms with Gasteiger partial charge in [-0.1, -0.05) is 26.2 Å². The van der Waals surface area contributed by atoms with Crippen LogP contribution in [0.1, 0.15) is 58.8 Å². The van der Waals surface area contributed by atoms with Crippen LogP contribution in [0.25, 0.3) is 0 Å². The van der Waals surface area contributed by atoms with E-state index in [1.54, 1.807) is 6.92 Å². The largest absolute Gasteiger partial charge is 0.480 e. The van der Waals surface area contributed by atoms with E-state index < -0.39 is 11.5 Å². The summed E-state index contributed by atoms with van der Waals surface area (Å²) < 4.78 is 0. The van der Waals surface area contributed by atoms with Crippen molar-refractivity contribution in [3.8, 4) is 0 Å². The van der Waals surface area contributed by atoms with Gasteiger partial charge in [-0.15, -0.1) is 0 Å². The van der Waals surface area contributed by atoms with Crippen molar-refractivity contribution in [1.29, 1.82) is 0 Å². The van der Waals surface area contributed by atoms with Gasteiger partial charge in [0.2, 0.25) is 0 Å². The second-order valence-electron chi connectivity index (χ2n) is 5.88. The summed E-state index contributed by atoms with van der Waals surface area (Å²) in [5, 5.41) is 12.4. The van der Waals surface area contributed by atoms with Crippen LogP contribution >= 0.6 is 0 Å². The first-order valence-corrected chi connectivity index (χ1v) is 7.79. The smallest absolute Gasteiger partial charge is 0.323 e. The van der Waals surface area contributed by atoms with E-state index >= 15 is 0 Å². The minimum atomic E-state index is -0.766. The SMILES string of the molecule is CCNC(C)(CCCN1CCCCCCC1)C(=O)O. The van der Waals surface area contributed by atoms with Gasteiger partial charge in [0.05, 0.1) is 0 Å².